The molecule has 1 aliphatic heterocycles. The molecule has 0 aromatic heterocycles. The van der Waals surface area contributed by atoms with Crippen molar-refractivity contribution in [2.24, 2.45) is 11.0 Å². The summed E-state index contributed by atoms with van der Waals surface area (Å²) in [5.41, 5.74) is 7.00. The third-order valence-corrected chi connectivity index (χ3v) is 3.44. The van der Waals surface area contributed by atoms with Crippen LogP contribution in [-0.2, 0) is 17.5 Å². The van der Waals surface area contributed by atoms with Gasteiger partial charge in [0.1, 0.15) is 5.82 Å². The summed E-state index contributed by atoms with van der Waals surface area (Å²) < 4.78 is 51.8. The smallest absolute Gasteiger partial charge is 0.338 e. The molecule has 0 bridgehead atoms. The zero-order chi connectivity index (χ0) is 16.3. The molecule has 9 heteroatoms. The summed E-state index contributed by atoms with van der Waals surface area (Å²) in [4.78, 5) is 15.7. The number of rotatable bonds is 4. The molecule has 1 aromatic rings. The zero-order valence-electron chi connectivity index (χ0n) is 11.3. The Hall–Kier alpha value is -2.28. The minimum absolute atomic E-state index is 0.119. The number of carbonyl (C=O) groups is 1. The van der Waals surface area contributed by atoms with Gasteiger partial charge in [-0.2, -0.15) is 13.2 Å². The highest BCUT2D eigenvalue weighted by molar-refractivity contribution is 5.78. The van der Waals surface area contributed by atoms with E-state index >= 15 is 0 Å². The molecule has 118 valence electrons. The van der Waals surface area contributed by atoms with E-state index in [2.05, 4.69) is 10.0 Å². The molecule has 0 aliphatic carbocycles. The van der Waals surface area contributed by atoms with E-state index in [-0.39, 0.29) is 43.4 Å². The largest absolute Gasteiger partial charge is 0.416 e. The van der Waals surface area contributed by atoms with Crippen LogP contribution >= 0.6 is 0 Å². The molecule has 1 heterocycles. The predicted molar refractivity (Wildman–Crippen MR) is 68.9 cm³/mol. The van der Waals surface area contributed by atoms with Crippen molar-refractivity contribution in [3.63, 3.8) is 0 Å². The van der Waals surface area contributed by atoms with E-state index in [1.165, 1.54) is 4.90 Å². The van der Waals surface area contributed by atoms with E-state index in [0.29, 0.717) is 6.07 Å². The number of amides is 1. The number of hydrogen-bond donors (Lipinski definition) is 0. The van der Waals surface area contributed by atoms with Gasteiger partial charge in [-0.3, -0.25) is 4.79 Å². The molecule has 1 aromatic carbocycles. The molecule has 1 unspecified atom stereocenters. The Morgan fingerprint density at radius 1 is 1.41 bits per heavy atom. The van der Waals surface area contributed by atoms with Crippen molar-refractivity contribution >= 4 is 5.91 Å². The monoisotopic (exact) mass is 316 g/mol. The molecule has 1 saturated heterocycles. The van der Waals surface area contributed by atoms with Crippen LogP contribution in [0.2, 0.25) is 0 Å². The fourth-order valence-corrected chi connectivity index (χ4v) is 2.44. The van der Waals surface area contributed by atoms with E-state index < -0.39 is 17.6 Å². The number of azide groups is 1. The molecule has 22 heavy (non-hydrogen) atoms. The molecule has 0 N–H and O–H groups in total. The van der Waals surface area contributed by atoms with Crippen molar-refractivity contribution in [1.29, 1.82) is 0 Å². The topological polar surface area (TPSA) is 69.1 Å². The maximum Gasteiger partial charge on any atom is 0.416 e. The van der Waals surface area contributed by atoms with Gasteiger partial charge in [0.15, 0.2) is 0 Å². The second kappa shape index (κ2) is 6.23. The Morgan fingerprint density at radius 2 is 2.14 bits per heavy atom. The second-order valence-electron chi connectivity index (χ2n) is 5.06. The van der Waals surface area contributed by atoms with Crippen LogP contribution in [0, 0.1) is 11.7 Å². The number of nitrogens with zero attached hydrogens (tertiary/aromatic N) is 4. The van der Waals surface area contributed by atoms with E-state index in [0.717, 1.165) is 12.1 Å². The molecule has 1 amide bonds. The third-order valence-electron chi connectivity index (χ3n) is 3.44. The molecule has 0 radical (unpaired) electrons. The molecular formula is C13H12F4N4O. The maximum atomic E-state index is 13.0. The van der Waals surface area contributed by atoms with Gasteiger partial charge < -0.3 is 4.90 Å². The molecule has 0 spiro atoms. The van der Waals surface area contributed by atoms with Crippen molar-refractivity contribution in [3.05, 3.63) is 45.6 Å². The van der Waals surface area contributed by atoms with Crippen LogP contribution in [0.25, 0.3) is 10.4 Å². The van der Waals surface area contributed by atoms with Crippen molar-refractivity contribution in [3.8, 4) is 0 Å². The van der Waals surface area contributed by atoms with Gasteiger partial charge in [-0.05, 0) is 29.1 Å². The molecule has 1 atom stereocenters. The molecule has 0 saturated carbocycles. The first-order valence-electron chi connectivity index (χ1n) is 6.45. The lowest BCUT2D eigenvalue weighted by atomic mass is 10.1. The molecule has 2 rings (SSSR count). The lowest BCUT2D eigenvalue weighted by molar-refractivity contribution is -0.139. The van der Waals surface area contributed by atoms with E-state index in [4.69, 9.17) is 5.53 Å². The highest BCUT2D eigenvalue weighted by atomic mass is 19.4. The van der Waals surface area contributed by atoms with Crippen LogP contribution in [0.15, 0.2) is 23.3 Å². The Bertz CT molecular complexity index is 625. The lowest BCUT2D eigenvalue weighted by Gasteiger charge is -2.20. The van der Waals surface area contributed by atoms with Crippen LogP contribution in [0.3, 0.4) is 0 Å². The fraction of sp³-hybridized carbons (Fsp3) is 0.462. The average Bonchev–Trinajstić information content (AvgIpc) is 2.78. The predicted octanol–water partition coefficient (Wildman–Crippen LogP) is 3.50. The van der Waals surface area contributed by atoms with Gasteiger partial charge in [-0.25, -0.2) is 4.39 Å². The van der Waals surface area contributed by atoms with Crippen molar-refractivity contribution in [2.75, 3.05) is 13.1 Å². The zero-order valence-corrected chi connectivity index (χ0v) is 11.3. The van der Waals surface area contributed by atoms with Gasteiger partial charge in [0.2, 0.25) is 5.91 Å². The van der Waals surface area contributed by atoms with E-state index in [1.807, 2.05) is 0 Å². The van der Waals surface area contributed by atoms with E-state index in [9.17, 15) is 22.4 Å². The van der Waals surface area contributed by atoms with Crippen molar-refractivity contribution < 1.29 is 22.4 Å². The summed E-state index contributed by atoms with van der Waals surface area (Å²) in [5, 5.41) is 3.37. The Morgan fingerprint density at radius 3 is 2.77 bits per heavy atom. The van der Waals surface area contributed by atoms with Crippen molar-refractivity contribution in [2.45, 2.75) is 19.1 Å². The number of alkyl halides is 3. The summed E-state index contributed by atoms with van der Waals surface area (Å²) in [7, 11) is 0. The highest BCUT2D eigenvalue weighted by Gasteiger charge is 2.36. The fourth-order valence-electron chi connectivity index (χ4n) is 2.44. The van der Waals surface area contributed by atoms with Gasteiger partial charge in [0, 0.05) is 31.0 Å². The highest BCUT2D eigenvalue weighted by Crippen LogP contribution is 2.34. The van der Waals surface area contributed by atoms with Gasteiger partial charge in [-0.1, -0.05) is 11.2 Å². The minimum Gasteiger partial charge on any atom is -0.338 e. The number of likely N-dealkylation sites (tertiary alicyclic amines) is 1. The summed E-state index contributed by atoms with van der Waals surface area (Å²) in [6.07, 6.45) is -4.56. The number of carbonyl (C=O) groups excluding carboxylic acids is 1. The maximum absolute atomic E-state index is 13.0. The first-order chi connectivity index (χ1) is 10.3. The molecular weight excluding hydrogens is 304 g/mol. The average molecular weight is 316 g/mol. The number of benzene rings is 1. The van der Waals surface area contributed by atoms with Gasteiger partial charge >= 0.3 is 6.18 Å². The first-order valence-corrected chi connectivity index (χ1v) is 6.45. The molecule has 1 aliphatic rings. The normalized spacial score (nSPS) is 18.5. The molecule has 5 nitrogen and oxygen atoms in total. The Labute approximate surface area is 123 Å². The quantitative estimate of drug-likeness (QED) is 0.363. The second-order valence-corrected chi connectivity index (χ2v) is 5.06. The summed E-state index contributed by atoms with van der Waals surface area (Å²) in [5.74, 6) is -1.50. The Balaban J connectivity index is 2.17. The van der Waals surface area contributed by atoms with Crippen LogP contribution < -0.4 is 0 Å². The van der Waals surface area contributed by atoms with Crippen LogP contribution in [-0.4, -0.2) is 23.9 Å². The van der Waals surface area contributed by atoms with Crippen LogP contribution in [0.1, 0.15) is 17.5 Å². The molecule has 1 fully saturated rings. The lowest BCUT2D eigenvalue weighted by Crippen LogP contribution is -2.26. The van der Waals surface area contributed by atoms with Crippen LogP contribution in [0.5, 0.6) is 0 Å². The minimum atomic E-state index is -4.69. The number of hydrogen-bond acceptors (Lipinski definition) is 2. The first kappa shape index (κ1) is 16.1. The SMILES string of the molecule is [N-]=[N+]=NCC1CC(=O)N(Cc2ccc(F)cc2C(F)(F)F)C1. The van der Waals surface area contributed by atoms with E-state index in [1.54, 1.807) is 0 Å². The summed E-state index contributed by atoms with van der Waals surface area (Å²) >= 11 is 0. The number of halogens is 4. The Kier molecular flexibility index (Phi) is 4.56. The summed E-state index contributed by atoms with van der Waals surface area (Å²) in [6.45, 7) is 0.0849. The third kappa shape index (κ3) is 3.67. The van der Waals surface area contributed by atoms with Gasteiger partial charge in [-0.15, -0.1) is 0 Å². The van der Waals surface area contributed by atoms with Gasteiger partial charge in [0.05, 0.1) is 5.56 Å². The van der Waals surface area contributed by atoms with Crippen molar-refractivity contribution in [1.82, 2.24) is 4.90 Å². The summed E-state index contributed by atoms with van der Waals surface area (Å²) in [6, 6.07) is 2.39. The standard InChI is InChI=1S/C13H12F4N4O/c14-10-2-1-9(11(4-10)13(15,16)17)7-21-6-8(3-12(21)22)5-19-20-18/h1-2,4,8H,3,5-7H2. The van der Waals surface area contributed by atoms with Crippen LogP contribution in [0.4, 0.5) is 17.6 Å². The van der Waals surface area contributed by atoms with Gasteiger partial charge in [0.25, 0.3) is 0 Å².